The van der Waals surface area contributed by atoms with E-state index >= 15 is 0 Å². The van der Waals surface area contributed by atoms with Crippen LogP contribution in [-0.4, -0.2) is 82.2 Å². The smallest absolute Gasteiger partial charge is 0.338 e. The number of rotatable bonds is 5. The number of aromatic carboxylic acids is 1. The average Bonchev–Trinajstić information content (AvgIpc) is 2.73. The van der Waals surface area contributed by atoms with Crippen LogP contribution >= 0.6 is 0 Å². The quantitative estimate of drug-likeness (QED) is 0.795. The fraction of sp³-hybridized carbons (Fsp3) is 0.550. The lowest BCUT2D eigenvalue weighted by Gasteiger charge is -2.42. The van der Waals surface area contributed by atoms with Gasteiger partial charge in [-0.15, -0.1) is 0 Å². The first kappa shape index (κ1) is 19.5. The van der Waals surface area contributed by atoms with Crippen molar-refractivity contribution in [3.63, 3.8) is 0 Å². The Hall–Kier alpha value is -2.81. The molecule has 0 radical (unpaired) electrons. The number of aryl methyl sites for hydroxylation is 2. The van der Waals surface area contributed by atoms with E-state index in [9.17, 15) is 4.79 Å². The largest absolute Gasteiger partial charge is 0.478 e. The van der Waals surface area contributed by atoms with Gasteiger partial charge in [0.25, 0.3) is 0 Å². The zero-order chi connectivity index (χ0) is 20.4. The van der Waals surface area contributed by atoms with Crippen LogP contribution in [-0.2, 0) is 12.8 Å². The van der Waals surface area contributed by atoms with Crippen LogP contribution in [0.25, 0.3) is 0 Å². The minimum atomic E-state index is -1.02. The number of carboxylic acids is 1. The van der Waals surface area contributed by atoms with E-state index in [4.69, 9.17) is 10.1 Å². The molecule has 3 heterocycles. The summed E-state index contributed by atoms with van der Waals surface area (Å²) in [6.45, 7) is 3.09. The topological polar surface area (TPSA) is 98.6 Å². The number of piperazine rings is 1. The summed E-state index contributed by atoms with van der Waals surface area (Å²) >= 11 is 0. The fourth-order valence-electron chi connectivity index (χ4n) is 4.08. The maximum Gasteiger partial charge on any atom is 0.338 e. The summed E-state index contributed by atoms with van der Waals surface area (Å²) in [7, 11) is 4.09. The highest BCUT2D eigenvalue weighted by atomic mass is 16.4. The molecule has 2 aromatic rings. The highest BCUT2D eigenvalue weighted by Crippen LogP contribution is 2.24. The molecule has 1 atom stereocenters. The van der Waals surface area contributed by atoms with E-state index < -0.39 is 5.97 Å². The molecule has 0 saturated carbocycles. The molecule has 154 valence electrons. The van der Waals surface area contributed by atoms with E-state index in [1.165, 1.54) is 36.5 Å². The van der Waals surface area contributed by atoms with Crippen LogP contribution in [0.15, 0.2) is 18.6 Å². The monoisotopic (exact) mass is 397 g/mol. The predicted molar refractivity (Wildman–Crippen MR) is 110 cm³/mol. The number of carboxylic acid groups (broad SMARTS) is 1. The molecule has 9 heteroatoms. The molecule has 1 aliphatic carbocycles. The molecule has 0 unspecified atom stereocenters. The van der Waals surface area contributed by atoms with Crippen molar-refractivity contribution < 1.29 is 9.90 Å². The number of fused-ring (bicyclic) bond motifs is 1. The first-order chi connectivity index (χ1) is 14.0. The maximum absolute atomic E-state index is 11.1. The Morgan fingerprint density at radius 3 is 2.55 bits per heavy atom. The van der Waals surface area contributed by atoms with Gasteiger partial charge in [0.2, 0.25) is 11.9 Å². The van der Waals surface area contributed by atoms with Crippen molar-refractivity contribution in [2.45, 2.75) is 31.7 Å². The minimum absolute atomic E-state index is 0.0963. The van der Waals surface area contributed by atoms with Crippen molar-refractivity contribution in [1.29, 1.82) is 0 Å². The van der Waals surface area contributed by atoms with Gasteiger partial charge in [0.1, 0.15) is 0 Å². The second kappa shape index (κ2) is 8.28. The van der Waals surface area contributed by atoms with Crippen molar-refractivity contribution in [2.24, 2.45) is 0 Å². The molecule has 0 spiro atoms. The normalized spacial score (nSPS) is 19.3. The number of hydrogen-bond donors (Lipinski definition) is 1. The summed E-state index contributed by atoms with van der Waals surface area (Å²) in [4.78, 5) is 35.7. The van der Waals surface area contributed by atoms with Gasteiger partial charge in [-0.25, -0.2) is 24.7 Å². The van der Waals surface area contributed by atoms with Crippen LogP contribution < -0.4 is 9.80 Å². The summed E-state index contributed by atoms with van der Waals surface area (Å²) in [6.07, 6.45) is 9.28. The summed E-state index contributed by atoms with van der Waals surface area (Å²) in [5.74, 6) is 0.347. The molecule has 0 amide bonds. The number of anilines is 2. The zero-order valence-corrected chi connectivity index (χ0v) is 17.0. The average molecular weight is 397 g/mol. The van der Waals surface area contributed by atoms with Gasteiger partial charge in [-0.05, 0) is 45.3 Å². The molecule has 9 nitrogen and oxygen atoms in total. The van der Waals surface area contributed by atoms with Crippen molar-refractivity contribution in [3.05, 3.63) is 35.4 Å². The van der Waals surface area contributed by atoms with Crippen LogP contribution in [0.4, 0.5) is 11.9 Å². The maximum atomic E-state index is 11.1. The fourth-order valence-corrected chi connectivity index (χ4v) is 4.08. The van der Waals surface area contributed by atoms with Crippen molar-refractivity contribution in [1.82, 2.24) is 24.8 Å². The lowest BCUT2D eigenvalue weighted by atomic mass is 9.98. The van der Waals surface area contributed by atoms with Crippen LogP contribution in [0.1, 0.15) is 34.5 Å². The van der Waals surface area contributed by atoms with Gasteiger partial charge in [-0.2, -0.15) is 0 Å². The van der Waals surface area contributed by atoms with Gasteiger partial charge in [0, 0.05) is 50.5 Å². The standard InChI is InChI=1S/C20H27N7O2/c1-25(2)12-16-13-26(20-23-9-14-5-3-4-6-17(14)24-20)7-8-27(16)19-21-10-15(11-22-19)18(28)29/h9-11,16H,3-8,12-13H2,1-2H3,(H,28,29)/t16-/m1/s1. The number of carbonyl (C=O) groups is 1. The Morgan fingerprint density at radius 1 is 1.10 bits per heavy atom. The van der Waals surface area contributed by atoms with Crippen LogP contribution in [0.3, 0.4) is 0 Å². The molecule has 1 fully saturated rings. The van der Waals surface area contributed by atoms with E-state index in [1.54, 1.807) is 0 Å². The van der Waals surface area contributed by atoms with E-state index in [0.29, 0.717) is 5.95 Å². The third-order valence-corrected chi connectivity index (χ3v) is 5.53. The van der Waals surface area contributed by atoms with Crippen molar-refractivity contribution >= 4 is 17.9 Å². The summed E-state index contributed by atoms with van der Waals surface area (Å²) in [6, 6.07) is 0.147. The molecule has 0 aromatic carbocycles. The zero-order valence-electron chi connectivity index (χ0n) is 17.0. The summed E-state index contributed by atoms with van der Waals surface area (Å²) < 4.78 is 0. The molecule has 1 N–H and O–H groups in total. The van der Waals surface area contributed by atoms with E-state index in [2.05, 4.69) is 29.7 Å². The lowest BCUT2D eigenvalue weighted by Crippen LogP contribution is -2.57. The van der Waals surface area contributed by atoms with Gasteiger partial charge < -0.3 is 19.8 Å². The van der Waals surface area contributed by atoms with E-state index in [1.807, 2.05) is 20.3 Å². The third-order valence-electron chi connectivity index (χ3n) is 5.53. The van der Waals surface area contributed by atoms with Crippen LogP contribution in [0.5, 0.6) is 0 Å². The minimum Gasteiger partial charge on any atom is -0.478 e. The second-order valence-electron chi connectivity index (χ2n) is 7.98. The van der Waals surface area contributed by atoms with E-state index in [0.717, 1.165) is 45.0 Å². The molecule has 1 saturated heterocycles. The Morgan fingerprint density at radius 2 is 1.83 bits per heavy atom. The second-order valence-corrected chi connectivity index (χ2v) is 7.98. The van der Waals surface area contributed by atoms with Crippen LogP contribution in [0.2, 0.25) is 0 Å². The molecular weight excluding hydrogens is 370 g/mol. The number of likely N-dealkylation sites (N-methyl/N-ethyl adjacent to an activating group) is 1. The molecule has 0 bridgehead atoms. The van der Waals surface area contributed by atoms with Crippen molar-refractivity contribution in [2.75, 3.05) is 50.1 Å². The Labute approximate surface area is 170 Å². The summed E-state index contributed by atoms with van der Waals surface area (Å²) in [5.41, 5.74) is 2.58. The van der Waals surface area contributed by atoms with E-state index in [-0.39, 0.29) is 11.6 Å². The third kappa shape index (κ3) is 4.29. The van der Waals surface area contributed by atoms with Gasteiger partial charge in [0.15, 0.2) is 0 Å². The molecule has 1 aliphatic heterocycles. The molecule has 29 heavy (non-hydrogen) atoms. The SMILES string of the molecule is CN(C)C[C@@H]1CN(c2ncc3c(n2)CCCC3)CCN1c1ncc(C(=O)O)cn1. The number of aromatic nitrogens is 4. The molecule has 4 rings (SSSR count). The van der Waals surface area contributed by atoms with Gasteiger partial charge in [-0.1, -0.05) is 0 Å². The van der Waals surface area contributed by atoms with Gasteiger partial charge >= 0.3 is 5.97 Å². The Balaban J connectivity index is 1.54. The van der Waals surface area contributed by atoms with Crippen molar-refractivity contribution in [3.8, 4) is 0 Å². The van der Waals surface area contributed by atoms with Crippen LogP contribution in [0, 0.1) is 0 Å². The summed E-state index contributed by atoms with van der Waals surface area (Å²) in [5, 5.41) is 9.08. The molecular formula is C20H27N7O2. The Kier molecular flexibility index (Phi) is 5.57. The number of nitrogens with zero attached hydrogens (tertiary/aromatic N) is 7. The highest BCUT2D eigenvalue weighted by Gasteiger charge is 2.31. The Bertz CT molecular complexity index is 872. The lowest BCUT2D eigenvalue weighted by molar-refractivity contribution is 0.0696. The molecule has 2 aliphatic rings. The van der Waals surface area contributed by atoms with Gasteiger partial charge in [0.05, 0.1) is 11.6 Å². The predicted octanol–water partition coefficient (Wildman–Crippen LogP) is 1.10. The molecule has 2 aromatic heterocycles. The van der Waals surface area contributed by atoms with Gasteiger partial charge in [-0.3, -0.25) is 0 Å². The first-order valence-electron chi connectivity index (χ1n) is 10.1. The number of hydrogen-bond acceptors (Lipinski definition) is 8. The first-order valence-corrected chi connectivity index (χ1v) is 10.1. The highest BCUT2D eigenvalue weighted by molar-refractivity contribution is 5.86.